The molecular weight excluding hydrogens is 182 g/mol. The van der Waals surface area contributed by atoms with Gasteiger partial charge in [-0.3, -0.25) is 0 Å². The molecule has 0 rings (SSSR count). The van der Waals surface area contributed by atoms with Crippen molar-refractivity contribution >= 4 is 0 Å². The van der Waals surface area contributed by atoms with Crippen LogP contribution in [0.4, 0.5) is 0 Å². The van der Waals surface area contributed by atoms with Crippen LogP contribution in [0.25, 0.3) is 0 Å². The second-order valence-electron chi connectivity index (χ2n) is 4.22. The number of nitrogens with zero attached hydrogens (tertiary/aromatic N) is 1. The van der Waals surface area contributed by atoms with Gasteiger partial charge in [-0.2, -0.15) is 0 Å². The van der Waals surface area contributed by atoms with Gasteiger partial charge in [-0.1, -0.05) is 25.3 Å². The van der Waals surface area contributed by atoms with Crippen LogP contribution < -0.4 is 0 Å². The molecule has 84 valence electrons. The summed E-state index contributed by atoms with van der Waals surface area (Å²) in [5.41, 5.74) is 1.36. The summed E-state index contributed by atoms with van der Waals surface area (Å²) in [4.78, 5) is 0. The van der Waals surface area contributed by atoms with Crippen molar-refractivity contribution in [3.8, 4) is 0 Å². The Morgan fingerprint density at radius 2 is 1.27 bits per heavy atom. The normalized spacial score (nSPS) is 10.5. The lowest BCUT2D eigenvalue weighted by Crippen LogP contribution is -2.48. The SMILES string of the molecule is C=CC[N+](CC=C)(CC=C)CC=C(C)C. The molecule has 1 nitrogen and oxygen atoms in total. The Morgan fingerprint density at radius 1 is 0.867 bits per heavy atom. The lowest BCUT2D eigenvalue weighted by Gasteiger charge is -2.35. The maximum atomic E-state index is 3.83. The van der Waals surface area contributed by atoms with Crippen LogP contribution in [-0.2, 0) is 0 Å². The van der Waals surface area contributed by atoms with Crippen LogP contribution >= 0.6 is 0 Å². The lowest BCUT2D eigenvalue weighted by molar-refractivity contribution is -0.906. The summed E-state index contributed by atoms with van der Waals surface area (Å²) in [6.07, 6.45) is 8.21. The van der Waals surface area contributed by atoms with Crippen molar-refractivity contribution in [2.75, 3.05) is 26.2 Å². The average Bonchev–Trinajstić information content (AvgIpc) is 2.16. The van der Waals surface area contributed by atoms with E-state index in [1.54, 1.807) is 0 Å². The fraction of sp³-hybridized carbons (Fsp3) is 0.429. The van der Waals surface area contributed by atoms with Gasteiger partial charge in [0.25, 0.3) is 0 Å². The Bertz CT molecular complexity index is 218. The standard InChI is InChI=1S/C14H24N/c1-6-10-15(11-7-2,12-8-3)13-9-14(4)5/h6-9H,1-3,10-13H2,4-5H3/q+1. The molecule has 0 radical (unpaired) electrons. The van der Waals surface area contributed by atoms with Crippen molar-refractivity contribution in [1.82, 2.24) is 0 Å². The van der Waals surface area contributed by atoms with Crippen LogP contribution in [0.3, 0.4) is 0 Å². The molecule has 0 heterocycles. The number of quaternary nitrogens is 1. The van der Waals surface area contributed by atoms with Crippen LogP contribution in [0.2, 0.25) is 0 Å². The van der Waals surface area contributed by atoms with Gasteiger partial charge in [0.2, 0.25) is 0 Å². The quantitative estimate of drug-likeness (QED) is 0.422. The minimum absolute atomic E-state index is 0.946. The molecule has 0 unspecified atom stereocenters. The summed E-state index contributed by atoms with van der Waals surface area (Å²) in [6, 6.07) is 0. The molecule has 0 aromatic carbocycles. The molecule has 0 bridgehead atoms. The van der Waals surface area contributed by atoms with Crippen LogP contribution in [0.5, 0.6) is 0 Å². The predicted molar refractivity (Wildman–Crippen MR) is 69.8 cm³/mol. The summed E-state index contributed by atoms with van der Waals surface area (Å²) in [5, 5.41) is 0. The molecule has 1 heteroatoms. The van der Waals surface area contributed by atoms with Crippen molar-refractivity contribution in [3.05, 3.63) is 49.6 Å². The van der Waals surface area contributed by atoms with E-state index in [1.165, 1.54) is 5.57 Å². The summed E-state index contributed by atoms with van der Waals surface area (Å²) >= 11 is 0. The summed E-state index contributed by atoms with van der Waals surface area (Å²) in [5.74, 6) is 0. The first kappa shape index (κ1) is 13.9. The van der Waals surface area contributed by atoms with Gasteiger partial charge in [0.15, 0.2) is 0 Å². The van der Waals surface area contributed by atoms with E-state index >= 15 is 0 Å². The molecule has 0 aliphatic rings. The molecule has 0 saturated heterocycles. The lowest BCUT2D eigenvalue weighted by atomic mass is 10.2. The first-order valence-corrected chi connectivity index (χ1v) is 5.41. The van der Waals surface area contributed by atoms with Crippen molar-refractivity contribution in [2.24, 2.45) is 0 Å². The highest BCUT2D eigenvalue weighted by molar-refractivity contribution is 4.94. The van der Waals surface area contributed by atoms with Crippen molar-refractivity contribution in [2.45, 2.75) is 13.8 Å². The second kappa shape index (κ2) is 7.24. The van der Waals surface area contributed by atoms with Crippen LogP contribution in [0.15, 0.2) is 49.6 Å². The van der Waals surface area contributed by atoms with Gasteiger partial charge in [0.1, 0.15) is 0 Å². The summed E-state index contributed by atoms with van der Waals surface area (Å²) in [7, 11) is 0. The molecule has 0 atom stereocenters. The smallest absolute Gasteiger partial charge is 0.0983 e. The maximum absolute atomic E-state index is 3.83. The van der Waals surface area contributed by atoms with Gasteiger partial charge in [-0.05, 0) is 38.2 Å². The minimum Gasteiger partial charge on any atom is -0.311 e. The fourth-order valence-corrected chi connectivity index (χ4v) is 1.65. The first-order valence-electron chi connectivity index (χ1n) is 5.41. The zero-order valence-corrected chi connectivity index (χ0v) is 10.2. The highest BCUT2D eigenvalue weighted by Crippen LogP contribution is 2.09. The largest absolute Gasteiger partial charge is 0.311 e. The Balaban J connectivity index is 4.73. The monoisotopic (exact) mass is 206 g/mol. The molecule has 0 aromatic rings. The number of hydrogen-bond donors (Lipinski definition) is 0. The van der Waals surface area contributed by atoms with E-state index in [2.05, 4.69) is 39.7 Å². The number of allylic oxidation sites excluding steroid dienone is 1. The topological polar surface area (TPSA) is 0 Å². The van der Waals surface area contributed by atoms with Crippen molar-refractivity contribution in [3.63, 3.8) is 0 Å². The van der Waals surface area contributed by atoms with E-state index < -0.39 is 0 Å². The Kier molecular flexibility index (Phi) is 6.72. The number of hydrogen-bond acceptors (Lipinski definition) is 0. The van der Waals surface area contributed by atoms with Gasteiger partial charge < -0.3 is 4.48 Å². The molecule has 15 heavy (non-hydrogen) atoms. The maximum Gasteiger partial charge on any atom is 0.0983 e. The molecule has 0 aliphatic carbocycles. The Labute approximate surface area is 94.7 Å². The molecular formula is C14H24N+. The second-order valence-corrected chi connectivity index (χ2v) is 4.22. The third-order valence-electron chi connectivity index (χ3n) is 2.44. The zero-order valence-electron chi connectivity index (χ0n) is 10.2. The Hall–Kier alpha value is -1.08. The summed E-state index contributed by atoms with van der Waals surface area (Å²) in [6.45, 7) is 19.7. The van der Waals surface area contributed by atoms with Crippen molar-refractivity contribution < 1.29 is 4.48 Å². The van der Waals surface area contributed by atoms with E-state index in [4.69, 9.17) is 0 Å². The minimum atomic E-state index is 0.946. The van der Waals surface area contributed by atoms with Crippen LogP contribution in [0, 0.1) is 0 Å². The average molecular weight is 206 g/mol. The van der Waals surface area contributed by atoms with Gasteiger partial charge in [-0.25, -0.2) is 0 Å². The van der Waals surface area contributed by atoms with Gasteiger partial charge in [-0.15, -0.1) is 0 Å². The van der Waals surface area contributed by atoms with Gasteiger partial charge in [0.05, 0.1) is 26.2 Å². The first-order chi connectivity index (χ1) is 7.10. The van der Waals surface area contributed by atoms with Gasteiger partial charge >= 0.3 is 0 Å². The van der Waals surface area contributed by atoms with E-state index in [9.17, 15) is 0 Å². The van der Waals surface area contributed by atoms with E-state index in [0.717, 1.165) is 30.7 Å². The summed E-state index contributed by atoms with van der Waals surface area (Å²) < 4.78 is 0.946. The van der Waals surface area contributed by atoms with E-state index in [1.807, 2.05) is 18.2 Å². The zero-order chi connectivity index (χ0) is 11.7. The van der Waals surface area contributed by atoms with E-state index in [-0.39, 0.29) is 0 Å². The third-order valence-corrected chi connectivity index (χ3v) is 2.44. The Morgan fingerprint density at radius 3 is 1.53 bits per heavy atom. The molecule has 0 N–H and O–H groups in total. The van der Waals surface area contributed by atoms with E-state index in [0.29, 0.717) is 0 Å². The highest BCUT2D eigenvalue weighted by atomic mass is 15.3. The fourth-order valence-electron chi connectivity index (χ4n) is 1.65. The van der Waals surface area contributed by atoms with Crippen LogP contribution in [-0.4, -0.2) is 30.7 Å². The molecule has 0 aromatic heterocycles. The highest BCUT2D eigenvalue weighted by Gasteiger charge is 2.20. The number of rotatable bonds is 8. The molecule has 0 saturated carbocycles. The predicted octanol–water partition coefficient (Wildman–Crippen LogP) is 3.33. The molecule has 0 amide bonds. The third kappa shape index (κ3) is 5.38. The van der Waals surface area contributed by atoms with Crippen molar-refractivity contribution in [1.29, 1.82) is 0 Å². The molecule has 0 aliphatic heterocycles. The molecule has 0 spiro atoms. The molecule has 0 fully saturated rings. The van der Waals surface area contributed by atoms with Gasteiger partial charge in [0, 0.05) is 0 Å². The van der Waals surface area contributed by atoms with Crippen LogP contribution in [0.1, 0.15) is 13.8 Å².